The van der Waals surface area contributed by atoms with E-state index in [-0.39, 0.29) is 11.7 Å². The summed E-state index contributed by atoms with van der Waals surface area (Å²) in [5.74, 6) is 2.25. The topological polar surface area (TPSA) is 74.9 Å². The van der Waals surface area contributed by atoms with Crippen molar-refractivity contribution in [1.82, 2.24) is 9.66 Å². The van der Waals surface area contributed by atoms with Crippen LogP contribution in [0, 0.1) is 0 Å². The van der Waals surface area contributed by atoms with Crippen LogP contribution in [0.3, 0.4) is 0 Å². The zero-order valence-corrected chi connectivity index (χ0v) is 21.3. The molecule has 0 spiro atoms. The van der Waals surface area contributed by atoms with Gasteiger partial charge in [-0.1, -0.05) is 36.2 Å². The van der Waals surface area contributed by atoms with Crippen LogP contribution in [0.5, 0.6) is 17.2 Å². The number of unbranched alkanes of at least 4 members (excludes halogenated alkanes) is 1. The van der Waals surface area contributed by atoms with Crippen molar-refractivity contribution in [2.24, 2.45) is 5.10 Å². The Balaban J connectivity index is 2.09. The van der Waals surface area contributed by atoms with Gasteiger partial charge in [0.05, 0.1) is 37.4 Å². The number of halogens is 1. The zero-order valence-electron chi connectivity index (χ0n) is 19.7. The summed E-state index contributed by atoms with van der Waals surface area (Å²) >= 11 is 3.43. The highest BCUT2D eigenvalue weighted by Crippen LogP contribution is 2.39. The molecule has 1 aromatic heterocycles. The zero-order chi connectivity index (χ0) is 24.0. The molecule has 0 fully saturated rings. The van der Waals surface area contributed by atoms with Gasteiger partial charge >= 0.3 is 0 Å². The van der Waals surface area contributed by atoms with Crippen LogP contribution < -0.4 is 19.8 Å². The maximum Gasteiger partial charge on any atom is 0.282 e. The van der Waals surface area contributed by atoms with Gasteiger partial charge in [0.15, 0.2) is 11.5 Å². The third kappa shape index (κ3) is 5.74. The molecule has 0 saturated heterocycles. The number of methoxy groups -OCH3 is 2. The highest BCUT2D eigenvalue weighted by molar-refractivity contribution is 9.10. The van der Waals surface area contributed by atoms with Crippen molar-refractivity contribution in [3.8, 4) is 17.2 Å². The first kappa shape index (κ1) is 24.8. The van der Waals surface area contributed by atoms with Crippen LogP contribution >= 0.6 is 15.9 Å². The summed E-state index contributed by atoms with van der Waals surface area (Å²) in [7, 11) is 3.16. The van der Waals surface area contributed by atoms with Crippen LogP contribution in [0.4, 0.5) is 0 Å². The summed E-state index contributed by atoms with van der Waals surface area (Å²) in [6.07, 6.45) is 5.03. The minimum absolute atomic E-state index is 0.00927. The summed E-state index contributed by atoms with van der Waals surface area (Å²) in [5, 5.41) is 5.02. The summed E-state index contributed by atoms with van der Waals surface area (Å²) in [6.45, 7) is 6.14. The van der Waals surface area contributed by atoms with E-state index in [4.69, 9.17) is 19.2 Å². The van der Waals surface area contributed by atoms with Gasteiger partial charge in [-0.25, -0.2) is 4.98 Å². The predicted octanol–water partition coefficient (Wildman–Crippen LogP) is 5.58. The largest absolute Gasteiger partial charge is 0.493 e. The number of ether oxygens (including phenoxy) is 3. The van der Waals surface area contributed by atoms with Gasteiger partial charge < -0.3 is 14.2 Å². The van der Waals surface area contributed by atoms with Crippen molar-refractivity contribution < 1.29 is 14.2 Å². The molecular weight excluding hydrogens is 486 g/mol. The van der Waals surface area contributed by atoms with Crippen molar-refractivity contribution in [3.05, 3.63) is 56.5 Å². The molecule has 3 rings (SSSR count). The molecule has 0 aliphatic heterocycles. The lowest BCUT2D eigenvalue weighted by Gasteiger charge is -2.18. The predicted molar refractivity (Wildman–Crippen MR) is 135 cm³/mol. The van der Waals surface area contributed by atoms with Crippen molar-refractivity contribution in [1.29, 1.82) is 0 Å². The Hall–Kier alpha value is -2.87. The van der Waals surface area contributed by atoms with E-state index in [0.717, 1.165) is 23.7 Å². The van der Waals surface area contributed by atoms with Crippen LogP contribution in [0.2, 0.25) is 0 Å². The fraction of sp³-hybridized carbons (Fsp3) is 0.400. The van der Waals surface area contributed by atoms with Crippen molar-refractivity contribution in [3.63, 3.8) is 0 Å². The SMILES string of the molecule is CCCCc1nc2ccc(Br)cc2c(=O)n1N=Cc1cc(OC)c(O[C@H](C)CC)c(OC)c1. The fourth-order valence-electron chi connectivity index (χ4n) is 3.31. The van der Waals surface area contributed by atoms with E-state index in [0.29, 0.717) is 46.0 Å². The van der Waals surface area contributed by atoms with Gasteiger partial charge in [-0.2, -0.15) is 9.78 Å². The number of aryl methyl sites for hydroxylation is 1. The lowest BCUT2D eigenvalue weighted by molar-refractivity contribution is 0.198. The van der Waals surface area contributed by atoms with E-state index in [2.05, 4.69) is 34.9 Å². The first-order valence-electron chi connectivity index (χ1n) is 11.1. The van der Waals surface area contributed by atoms with Gasteiger partial charge in [-0.05, 0) is 50.1 Å². The van der Waals surface area contributed by atoms with Gasteiger partial charge in [-0.15, -0.1) is 0 Å². The number of hydrogen-bond acceptors (Lipinski definition) is 6. The molecule has 1 heterocycles. The van der Waals surface area contributed by atoms with E-state index < -0.39 is 0 Å². The second kappa shape index (κ2) is 11.3. The Morgan fingerprint density at radius 1 is 1.15 bits per heavy atom. The van der Waals surface area contributed by atoms with Crippen molar-refractivity contribution in [2.45, 2.75) is 52.6 Å². The molecule has 2 aromatic carbocycles. The molecular formula is C25H30BrN3O4. The summed E-state index contributed by atoms with van der Waals surface area (Å²) < 4.78 is 19.3. The molecule has 0 amide bonds. The van der Waals surface area contributed by atoms with E-state index in [1.54, 1.807) is 26.5 Å². The fourth-order valence-corrected chi connectivity index (χ4v) is 3.67. The maximum absolute atomic E-state index is 13.3. The molecule has 1 atom stereocenters. The normalized spacial score (nSPS) is 12.3. The molecule has 0 aliphatic rings. The number of nitrogens with zero attached hydrogens (tertiary/aromatic N) is 3. The minimum Gasteiger partial charge on any atom is -0.493 e. The third-order valence-electron chi connectivity index (χ3n) is 5.33. The molecule has 8 heteroatoms. The lowest BCUT2D eigenvalue weighted by Crippen LogP contribution is -2.22. The monoisotopic (exact) mass is 515 g/mol. The molecule has 33 heavy (non-hydrogen) atoms. The van der Waals surface area contributed by atoms with E-state index in [9.17, 15) is 4.79 Å². The van der Waals surface area contributed by atoms with E-state index in [1.807, 2.05) is 31.2 Å². The van der Waals surface area contributed by atoms with Crippen LogP contribution in [-0.4, -0.2) is 36.2 Å². The molecule has 0 bridgehead atoms. The maximum atomic E-state index is 13.3. The smallest absolute Gasteiger partial charge is 0.282 e. The second-order valence-corrected chi connectivity index (χ2v) is 8.66. The average molecular weight is 516 g/mol. The highest BCUT2D eigenvalue weighted by atomic mass is 79.9. The molecule has 3 aromatic rings. The molecule has 0 aliphatic carbocycles. The first-order chi connectivity index (χ1) is 15.9. The molecule has 0 unspecified atom stereocenters. The lowest BCUT2D eigenvalue weighted by atomic mass is 10.2. The average Bonchev–Trinajstić information content (AvgIpc) is 2.82. The highest BCUT2D eigenvalue weighted by Gasteiger charge is 2.16. The quantitative estimate of drug-likeness (QED) is 0.329. The van der Waals surface area contributed by atoms with Crippen molar-refractivity contribution >= 4 is 33.0 Å². The molecule has 0 radical (unpaired) electrons. The number of hydrogen-bond donors (Lipinski definition) is 0. The second-order valence-electron chi connectivity index (χ2n) is 7.75. The first-order valence-corrected chi connectivity index (χ1v) is 11.9. The van der Waals surface area contributed by atoms with Gasteiger partial charge in [0.25, 0.3) is 5.56 Å². The van der Waals surface area contributed by atoms with Gasteiger partial charge in [0.1, 0.15) is 5.82 Å². The Bertz CT molecular complexity index is 1180. The minimum atomic E-state index is -0.209. The van der Waals surface area contributed by atoms with E-state index >= 15 is 0 Å². The molecule has 0 saturated carbocycles. The summed E-state index contributed by atoms with van der Waals surface area (Å²) in [4.78, 5) is 18.0. The van der Waals surface area contributed by atoms with Crippen LogP contribution in [0.15, 0.2) is 44.7 Å². The summed E-state index contributed by atoms with van der Waals surface area (Å²) in [5.41, 5.74) is 1.16. The molecule has 176 valence electrons. The standard InChI is InChI=1S/C25H30BrN3O4/c1-6-8-9-23-28-20-11-10-18(26)14-19(20)25(30)29(23)27-15-17-12-21(31-4)24(22(13-17)32-5)33-16(3)7-2/h10-16H,6-9H2,1-5H3/t16-/m1/s1. The Morgan fingerprint density at radius 3 is 2.45 bits per heavy atom. The third-order valence-corrected chi connectivity index (χ3v) is 5.82. The van der Waals surface area contributed by atoms with Crippen LogP contribution in [-0.2, 0) is 6.42 Å². The Morgan fingerprint density at radius 2 is 1.85 bits per heavy atom. The Labute approximate surface area is 202 Å². The summed E-state index contributed by atoms with van der Waals surface area (Å²) in [6, 6.07) is 9.12. The number of rotatable bonds is 10. The molecule has 7 nitrogen and oxygen atoms in total. The van der Waals surface area contributed by atoms with Gasteiger partial charge in [0.2, 0.25) is 5.75 Å². The van der Waals surface area contributed by atoms with Gasteiger partial charge in [-0.3, -0.25) is 4.79 Å². The number of benzene rings is 2. The van der Waals surface area contributed by atoms with Crippen LogP contribution in [0.1, 0.15) is 51.4 Å². The number of fused-ring (bicyclic) bond motifs is 1. The Kier molecular flexibility index (Phi) is 8.49. The van der Waals surface area contributed by atoms with Crippen molar-refractivity contribution in [2.75, 3.05) is 14.2 Å². The van der Waals surface area contributed by atoms with E-state index in [1.165, 1.54) is 4.68 Å². The molecule has 0 N–H and O–H groups in total. The number of aromatic nitrogens is 2. The van der Waals surface area contributed by atoms with Gasteiger partial charge in [0, 0.05) is 16.5 Å². The van der Waals surface area contributed by atoms with Crippen LogP contribution in [0.25, 0.3) is 10.9 Å².